The third-order valence-corrected chi connectivity index (χ3v) is 0.973. The van der Waals surface area contributed by atoms with Crippen molar-refractivity contribution in [2.24, 2.45) is 17.9 Å². The predicted octanol–water partition coefficient (Wildman–Crippen LogP) is -1.09. The van der Waals surface area contributed by atoms with Gasteiger partial charge in [-0.25, -0.2) is 0 Å². The van der Waals surface area contributed by atoms with E-state index in [2.05, 4.69) is 15.5 Å². The summed E-state index contributed by atoms with van der Waals surface area (Å²) in [6.45, 7) is 0. The maximum absolute atomic E-state index is 8.18. The molecule has 6 nitrogen and oxygen atoms in total. The molecule has 6 heteroatoms. The standard InChI is InChI=1S/C4H7N5O/c1-9-2-3(6-8-9)4(5)7-10/h2,10H,1H3,(H2,5,7). The molecule has 0 saturated carbocycles. The van der Waals surface area contributed by atoms with Gasteiger partial charge >= 0.3 is 0 Å². The van der Waals surface area contributed by atoms with Crippen LogP contribution in [0.1, 0.15) is 5.69 Å². The van der Waals surface area contributed by atoms with Crippen LogP contribution in [0, 0.1) is 0 Å². The van der Waals surface area contributed by atoms with Crippen molar-refractivity contribution in [1.82, 2.24) is 15.0 Å². The topological polar surface area (TPSA) is 89.3 Å². The Kier molecular flexibility index (Phi) is 1.53. The van der Waals surface area contributed by atoms with Crippen LogP contribution in [0.25, 0.3) is 0 Å². The lowest BCUT2D eigenvalue weighted by atomic mass is 10.4. The van der Waals surface area contributed by atoms with E-state index in [4.69, 9.17) is 10.9 Å². The van der Waals surface area contributed by atoms with E-state index in [1.165, 1.54) is 4.68 Å². The zero-order valence-corrected chi connectivity index (χ0v) is 5.39. The minimum Gasteiger partial charge on any atom is -0.409 e. The normalized spacial score (nSPS) is 11.9. The zero-order chi connectivity index (χ0) is 7.56. The molecule has 10 heavy (non-hydrogen) atoms. The third-order valence-electron chi connectivity index (χ3n) is 0.973. The average molecular weight is 141 g/mol. The van der Waals surface area contributed by atoms with Gasteiger partial charge in [-0.15, -0.1) is 5.10 Å². The van der Waals surface area contributed by atoms with Gasteiger partial charge in [-0.2, -0.15) is 0 Å². The molecule has 1 aromatic rings. The first-order valence-electron chi connectivity index (χ1n) is 2.58. The molecule has 0 aliphatic heterocycles. The van der Waals surface area contributed by atoms with Crippen LogP contribution in [-0.2, 0) is 7.05 Å². The van der Waals surface area contributed by atoms with Gasteiger partial charge in [-0.3, -0.25) is 4.68 Å². The Labute approximate surface area is 56.9 Å². The van der Waals surface area contributed by atoms with E-state index >= 15 is 0 Å². The van der Waals surface area contributed by atoms with Gasteiger partial charge in [-0.1, -0.05) is 10.4 Å². The van der Waals surface area contributed by atoms with Gasteiger partial charge in [-0.05, 0) is 0 Å². The summed E-state index contributed by atoms with van der Waals surface area (Å²) in [6, 6.07) is 0. The number of nitrogens with two attached hydrogens (primary N) is 1. The minimum atomic E-state index is -0.0342. The quantitative estimate of drug-likeness (QED) is 0.225. The van der Waals surface area contributed by atoms with Crippen molar-refractivity contribution in [2.75, 3.05) is 0 Å². The number of amidine groups is 1. The molecule has 0 unspecified atom stereocenters. The second-order valence-corrected chi connectivity index (χ2v) is 1.76. The molecule has 3 N–H and O–H groups in total. The molecule has 0 amide bonds. The second-order valence-electron chi connectivity index (χ2n) is 1.76. The summed E-state index contributed by atoms with van der Waals surface area (Å²) in [5.41, 5.74) is 5.56. The Morgan fingerprint density at radius 1 is 1.90 bits per heavy atom. The Bertz CT molecular complexity index is 252. The van der Waals surface area contributed by atoms with Crippen molar-refractivity contribution >= 4 is 5.84 Å². The molecule has 1 heterocycles. The summed E-state index contributed by atoms with van der Waals surface area (Å²) >= 11 is 0. The molecule has 0 bridgehead atoms. The summed E-state index contributed by atoms with van der Waals surface area (Å²) in [5.74, 6) is -0.0342. The largest absolute Gasteiger partial charge is 0.409 e. The maximum atomic E-state index is 8.18. The maximum Gasteiger partial charge on any atom is 0.192 e. The fraction of sp³-hybridized carbons (Fsp3) is 0.250. The van der Waals surface area contributed by atoms with Crippen LogP contribution in [0.5, 0.6) is 0 Å². The van der Waals surface area contributed by atoms with Crippen LogP contribution in [-0.4, -0.2) is 26.0 Å². The first-order valence-corrected chi connectivity index (χ1v) is 2.58. The smallest absolute Gasteiger partial charge is 0.192 e. The Balaban J connectivity index is 2.95. The van der Waals surface area contributed by atoms with E-state index in [1.807, 2.05) is 0 Å². The first kappa shape index (κ1) is 6.53. The number of oxime groups is 1. The molecule has 54 valence electrons. The van der Waals surface area contributed by atoms with Gasteiger partial charge in [0.05, 0.1) is 6.20 Å². The third kappa shape index (κ3) is 1.04. The lowest BCUT2D eigenvalue weighted by molar-refractivity contribution is 0.318. The minimum absolute atomic E-state index is 0.0342. The van der Waals surface area contributed by atoms with Crippen LogP contribution in [0.15, 0.2) is 11.4 Å². The summed E-state index contributed by atoms with van der Waals surface area (Å²) in [7, 11) is 1.70. The molecule has 0 saturated heterocycles. The van der Waals surface area contributed by atoms with E-state index in [-0.39, 0.29) is 5.84 Å². The average Bonchev–Trinajstić information content (AvgIpc) is 2.34. The summed E-state index contributed by atoms with van der Waals surface area (Å²) in [4.78, 5) is 0. The summed E-state index contributed by atoms with van der Waals surface area (Å²) < 4.78 is 1.47. The Morgan fingerprint density at radius 3 is 3.00 bits per heavy atom. The van der Waals surface area contributed by atoms with Crippen molar-refractivity contribution in [1.29, 1.82) is 0 Å². The number of aromatic nitrogens is 3. The summed E-state index contributed by atoms with van der Waals surface area (Å²) in [6.07, 6.45) is 1.55. The fourth-order valence-electron chi connectivity index (χ4n) is 0.516. The van der Waals surface area contributed by atoms with Crippen molar-refractivity contribution in [2.45, 2.75) is 0 Å². The molecule has 1 rings (SSSR count). The van der Waals surface area contributed by atoms with Gasteiger partial charge < -0.3 is 10.9 Å². The molecule has 0 aliphatic rings. The lowest BCUT2D eigenvalue weighted by Crippen LogP contribution is -2.13. The SMILES string of the molecule is Cn1cc(/C(N)=N/O)nn1. The van der Waals surface area contributed by atoms with Crippen molar-refractivity contribution in [3.05, 3.63) is 11.9 Å². The highest BCUT2D eigenvalue weighted by Crippen LogP contribution is 1.88. The highest BCUT2D eigenvalue weighted by molar-refractivity contribution is 5.94. The summed E-state index contributed by atoms with van der Waals surface area (Å²) in [5, 5.41) is 18.1. The molecule has 0 aliphatic carbocycles. The molecular formula is C4H7N5O. The van der Waals surface area contributed by atoms with Crippen LogP contribution < -0.4 is 5.73 Å². The van der Waals surface area contributed by atoms with E-state index in [1.54, 1.807) is 13.2 Å². The molecule has 0 atom stereocenters. The van der Waals surface area contributed by atoms with Gasteiger partial charge in [0, 0.05) is 7.05 Å². The zero-order valence-electron chi connectivity index (χ0n) is 5.39. The van der Waals surface area contributed by atoms with Crippen molar-refractivity contribution < 1.29 is 5.21 Å². The number of hydrogen-bond acceptors (Lipinski definition) is 4. The number of hydrogen-bond donors (Lipinski definition) is 2. The highest BCUT2D eigenvalue weighted by Gasteiger charge is 2.01. The van der Waals surface area contributed by atoms with Crippen molar-refractivity contribution in [3.8, 4) is 0 Å². The van der Waals surface area contributed by atoms with Gasteiger partial charge in [0.1, 0.15) is 0 Å². The molecule has 0 aromatic carbocycles. The predicted molar refractivity (Wildman–Crippen MR) is 33.5 cm³/mol. The van der Waals surface area contributed by atoms with Gasteiger partial charge in [0.2, 0.25) is 0 Å². The van der Waals surface area contributed by atoms with Crippen LogP contribution >= 0.6 is 0 Å². The van der Waals surface area contributed by atoms with E-state index in [0.29, 0.717) is 5.69 Å². The fourth-order valence-corrected chi connectivity index (χ4v) is 0.516. The number of nitrogens with zero attached hydrogens (tertiary/aromatic N) is 4. The Morgan fingerprint density at radius 2 is 2.60 bits per heavy atom. The second kappa shape index (κ2) is 2.34. The van der Waals surface area contributed by atoms with E-state index in [9.17, 15) is 0 Å². The monoisotopic (exact) mass is 141 g/mol. The van der Waals surface area contributed by atoms with E-state index in [0.717, 1.165) is 0 Å². The van der Waals surface area contributed by atoms with Crippen LogP contribution in [0.2, 0.25) is 0 Å². The number of aryl methyl sites for hydroxylation is 1. The number of rotatable bonds is 1. The van der Waals surface area contributed by atoms with E-state index < -0.39 is 0 Å². The van der Waals surface area contributed by atoms with Gasteiger partial charge in [0.15, 0.2) is 11.5 Å². The van der Waals surface area contributed by atoms with Crippen LogP contribution in [0.3, 0.4) is 0 Å². The first-order chi connectivity index (χ1) is 4.74. The lowest BCUT2D eigenvalue weighted by Gasteiger charge is -1.85. The highest BCUT2D eigenvalue weighted by atomic mass is 16.4. The van der Waals surface area contributed by atoms with Gasteiger partial charge in [0.25, 0.3) is 0 Å². The molecule has 0 fully saturated rings. The molecule has 1 aromatic heterocycles. The van der Waals surface area contributed by atoms with Crippen molar-refractivity contribution in [3.63, 3.8) is 0 Å². The Hall–Kier alpha value is -1.59. The molecular weight excluding hydrogens is 134 g/mol. The van der Waals surface area contributed by atoms with Crippen LogP contribution in [0.4, 0.5) is 0 Å². The molecule has 0 spiro atoms. The molecule has 0 radical (unpaired) electrons.